The molecule has 3 nitrogen and oxygen atoms in total. The minimum Gasteiger partial charge on any atom is -0.454 e. The van der Waals surface area contributed by atoms with Gasteiger partial charge < -0.3 is 9.84 Å². The molecule has 0 saturated carbocycles. The van der Waals surface area contributed by atoms with Gasteiger partial charge in [-0.25, -0.2) is 4.79 Å². The molecular formula is C10H12O3. The van der Waals surface area contributed by atoms with Gasteiger partial charge in [-0.1, -0.05) is 6.08 Å². The minimum atomic E-state index is -0.901. The molecule has 2 aliphatic rings. The maximum Gasteiger partial charge on any atom is 0.338 e. The van der Waals surface area contributed by atoms with E-state index in [2.05, 4.69) is 0 Å². The second-order valence-electron chi connectivity index (χ2n) is 3.83. The Balaban J connectivity index is 2.43. The standard InChI is InChI=1S/C10H12O3/c1-6-7-3-4-10(2,12)5-8(7)9(11)13-6/h3,5-6,12H,4H2,1-2H3. The first-order valence-electron chi connectivity index (χ1n) is 4.36. The van der Waals surface area contributed by atoms with E-state index in [-0.39, 0.29) is 12.1 Å². The van der Waals surface area contributed by atoms with E-state index >= 15 is 0 Å². The van der Waals surface area contributed by atoms with Gasteiger partial charge in [-0.05, 0) is 26.3 Å². The molecule has 0 aromatic heterocycles. The number of rotatable bonds is 0. The normalized spacial score (nSPS) is 37.8. The highest BCUT2D eigenvalue weighted by molar-refractivity contribution is 5.97. The average Bonchev–Trinajstić information content (AvgIpc) is 2.26. The molecular weight excluding hydrogens is 168 g/mol. The molecule has 1 N–H and O–H groups in total. The largest absolute Gasteiger partial charge is 0.454 e. The molecule has 1 heterocycles. The number of esters is 1. The molecule has 2 atom stereocenters. The van der Waals surface area contributed by atoms with E-state index in [4.69, 9.17) is 4.74 Å². The lowest BCUT2D eigenvalue weighted by Crippen LogP contribution is -2.24. The van der Waals surface area contributed by atoms with Crippen molar-refractivity contribution >= 4 is 5.97 Å². The van der Waals surface area contributed by atoms with Crippen LogP contribution in [0.5, 0.6) is 0 Å². The van der Waals surface area contributed by atoms with Gasteiger partial charge in [0, 0.05) is 5.57 Å². The monoisotopic (exact) mass is 180 g/mol. The van der Waals surface area contributed by atoms with Crippen LogP contribution in [0.15, 0.2) is 23.3 Å². The third kappa shape index (κ3) is 1.29. The van der Waals surface area contributed by atoms with Crippen LogP contribution < -0.4 is 0 Å². The summed E-state index contributed by atoms with van der Waals surface area (Å²) in [5, 5.41) is 9.70. The first-order valence-corrected chi connectivity index (χ1v) is 4.36. The molecule has 70 valence electrons. The van der Waals surface area contributed by atoms with Crippen molar-refractivity contribution in [2.75, 3.05) is 0 Å². The molecule has 2 rings (SSSR count). The number of hydrogen-bond acceptors (Lipinski definition) is 3. The van der Waals surface area contributed by atoms with Gasteiger partial charge in [0.2, 0.25) is 0 Å². The molecule has 1 aliphatic heterocycles. The molecule has 0 spiro atoms. The van der Waals surface area contributed by atoms with Crippen LogP contribution >= 0.6 is 0 Å². The summed E-state index contributed by atoms with van der Waals surface area (Å²) in [6.07, 6.45) is 3.86. The fourth-order valence-corrected chi connectivity index (χ4v) is 1.73. The molecule has 0 aromatic carbocycles. The Bertz CT molecular complexity index is 323. The summed E-state index contributed by atoms with van der Waals surface area (Å²) in [5.41, 5.74) is 0.544. The van der Waals surface area contributed by atoms with E-state index in [0.717, 1.165) is 5.57 Å². The summed E-state index contributed by atoms with van der Waals surface area (Å²) < 4.78 is 5.01. The van der Waals surface area contributed by atoms with Gasteiger partial charge in [0.25, 0.3) is 0 Å². The number of aliphatic hydroxyl groups is 1. The molecule has 0 amide bonds. The van der Waals surface area contributed by atoms with Gasteiger partial charge in [-0.15, -0.1) is 0 Å². The highest BCUT2D eigenvalue weighted by Gasteiger charge is 2.36. The summed E-state index contributed by atoms with van der Waals surface area (Å²) in [4.78, 5) is 11.3. The summed E-state index contributed by atoms with van der Waals surface area (Å²) in [5.74, 6) is -0.321. The van der Waals surface area contributed by atoms with Crippen LogP contribution in [0.4, 0.5) is 0 Å². The first-order chi connectivity index (χ1) is 5.99. The van der Waals surface area contributed by atoms with Crippen molar-refractivity contribution in [1.29, 1.82) is 0 Å². The molecule has 0 aromatic rings. The van der Waals surface area contributed by atoms with Gasteiger partial charge in [0.15, 0.2) is 0 Å². The fraction of sp³-hybridized carbons (Fsp3) is 0.500. The SMILES string of the molecule is CC1OC(=O)C2=CC(C)(O)CC=C21. The van der Waals surface area contributed by atoms with Crippen molar-refractivity contribution in [3.8, 4) is 0 Å². The molecule has 13 heavy (non-hydrogen) atoms. The first kappa shape index (κ1) is 8.51. The third-order valence-electron chi connectivity index (χ3n) is 2.44. The summed E-state index contributed by atoms with van der Waals surface area (Å²) in [7, 11) is 0. The Morgan fingerprint density at radius 1 is 1.69 bits per heavy atom. The molecule has 1 saturated heterocycles. The number of ether oxygens (including phenoxy) is 1. The maximum atomic E-state index is 11.3. The molecule has 3 heteroatoms. The van der Waals surface area contributed by atoms with E-state index in [1.165, 1.54) is 0 Å². The second-order valence-corrected chi connectivity index (χ2v) is 3.83. The van der Waals surface area contributed by atoms with Crippen molar-refractivity contribution < 1.29 is 14.6 Å². The van der Waals surface area contributed by atoms with Crippen molar-refractivity contribution in [3.05, 3.63) is 23.3 Å². The lowest BCUT2D eigenvalue weighted by Gasteiger charge is -2.21. The highest BCUT2D eigenvalue weighted by Crippen LogP contribution is 2.34. The molecule has 1 fully saturated rings. The van der Waals surface area contributed by atoms with Crippen LogP contribution in [-0.4, -0.2) is 22.8 Å². The van der Waals surface area contributed by atoms with Crippen molar-refractivity contribution in [2.45, 2.75) is 32.0 Å². The van der Waals surface area contributed by atoms with E-state index in [1.807, 2.05) is 13.0 Å². The number of cyclic esters (lactones) is 1. The zero-order chi connectivity index (χ0) is 9.64. The average molecular weight is 180 g/mol. The van der Waals surface area contributed by atoms with Gasteiger partial charge >= 0.3 is 5.97 Å². The van der Waals surface area contributed by atoms with Gasteiger partial charge in [-0.2, -0.15) is 0 Å². The van der Waals surface area contributed by atoms with Crippen molar-refractivity contribution in [1.82, 2.24) is 0 Å². The van der Waals surface area contributed by atoms with Crippen LogP contribution in [0, 0.1) is 0 Å². The predicted octanol–water partition coefficient (Wildman–Crippen LogP) is 0.939. The van der Waals surface area contributed by atoms with Crippen LogP contribution in [0.3, 0.4) is 0 Å². The number of hydrogen-bond donors (Lipinski definition) is 1. The van der Waals surface area contributed by atoms with Gasteiger partial charge in [-0.3, -0.25) is 0 Å². The maximum absolute atomic E-state index is 11.3. The van der Waals surface area contributed by atoms with Crippen LogP contribution in [0.1, 0.15) is 20.3 Å². The summed E-state index contributed by atoms with van der Waals surface area (Å²) in [6, 6.07) is 0. The smallest absolute Gasteiger partial charge is 0.338 e. The van der Waals surface area contributed by atoms with E-state index < -0.39 is 5.60 Å². The molecule has 0 radical (unpaired) electrons. The molecule has 0 bridgehead atoms. The summed E-state index contributed by atoms with van der Waals surface area (Å²) >= 11 is 0. The van der Waals surface area contributed by atoms with Crippen molar-refractivity contribution in [2.24, 2.45) is 0 Å². The lowest BCUT2D eigenvalue weighted by molar-refractivity contribution is -0.138. The van der Waals surface area contributed by atoms with Crippen LogP contribution in [-0.2, 0) is 9.53 Å². The van der Waals surface area contributed by atoms with Gasteiger partial charge in [0.05, 0.1) is 11.2 Å². The zero-order valence-corrected chi connectivity index (χ0v) is 7.70. The van der Waals surface area contributed by atoms with Crippen molar-refractivity contribution in [3.63, 3.8) is 0 Å². The quantitative estimate of drug-likeness (QED) is 0.564. The minimum absolute atomic E-state index is 0.158. The van der Waals surface area contributed by atoms with E-state index in [9.17, 15) is 9.90 Å². The topological polar surface area (TPSA) is 46.5 Å². The van der Waals surface area contributed by atoms with Gasteiger partial charge in [0.1, 0.15) is 6.10 Å². The molecule has 2 unspecified atom stereocenters. The third-order valence-corrected chi connectivity index (χ3v) is 2.44. The van der Waals surface area contributed by atoms with Crippen LogP contribution in [0.2, 0.25) is 0 Å². The Morgan fingerprint density at radius 2 is 2.38 bits per heavy atom. The second kappa shape index (κ2) is 2.45. The van der Waals surface area contributed by atoms with E-state index in [1.54, 1.807) is 13.0 Å². The molecule has 1 aliphatic carbocycles. The Kier molecular flexibility index (Phi) is 1.60. The number of fused-ring (bicyclic) bond motifs is 1. The number of carbonyl (C=O) groups is 1. The Labute approximate surface area is 76.7 Å². The Morgan fingerprint density at radius 3 is 3.08 bits per heavy atom. The lowest BCUT2D eigenvalue weighted by atomic mass is 9.88. The van der Waals surface area contributed by atoms with Crippen LogP contribution in [0.25, 0.3) is 0 Å². The predicted molar refractivity (Wildman–Crippen MR) is 47.0 cm³/mol. The number of carbonyl (C=O) groups excluding carboxylic acids is 1. The zero-order valence-electron chi connectivity index (χ0n) is 7.70. The highest BCUT2D eigenvalue weighted by atomic mass is 16.5. The fourth-order valence-electron chi connectivity index (χ4n) is 1.73. The Hall–Kier alpha value is -1.09. The van der Waals surface area contributed by atoms with E-state index in [0.29, 0.717) is 12.0 Å². The summed E-state index contributed by atoms with van der Waals surface area (Å²) in [6.45, 7) is 3.52.